The van der Waals surface area contributed by atoms with Gasteiger partial charge in [-0.25, -0.2) is 0 Å². The number of aryl methyl sites for hydroxylation is 1. The van der Waals surface area contributed by atoms with E-state index in [0.29, 0.717) is 6.42 Å². The van der Waals surface area contributed by atoms with Gasteiger partial charge in [0, 0.05) is 36.6 Å². The van der Waals surface area contributed by atoms with Gasteiger partial charge in [0.25, 0.3) is 0 Å². The molecule has 0 amide bonds. The van der Waals surface area contributed by atoms with Gasteiger partial charge in [0.2, 0.25) is 0 Å². The van der Waals surface area contributed by atoms with Gasteiger partial charge in [-0.2, -0.15) is 0 Å². The van der Waals surface area contributed by atoms with Gasteiger partial charge in [-0.15, -0.1) is 0 Å². The molecule has 0 saturated heterocycles. The first-order chi connectivity index (χ1) is 9.61. The van der Waals surface area contributed by atoms with Crippen molar-refractivity contribution in [3.05, 3.63) is 36.0 Å². The molecule has 1 heterocycles. The maximum atomic E-state index is 10.5. The van der Waals surface area contributed by atoms with E-state index in [-0.39, 0.29) is 6.42 Å². The fourth-order valence-electron chi connectivity index (χ4n) is 2.58. The third-order valence-electron chi connectivity index (χ3n) is 3.58. The second kappa shape index (κ2) is 6.57. The Morgan fingerprint density at radius 3 is 2.80 bits per heavy atom. The summed E-state index contributed by atoms with van der Waals surface area (Å²) in [4.78, 5) is 12.7. The van der Waals surface area contributed by atoms with Gasteiger partial charge >= 0.3 is 5.97 Å². The smallest absolute Gasteiger partial charge is 0.303 e. The van der Waals surface area contributed by atoms with Crippen LogP contribution in [-0.2, 0) is 17.9 Å². The average molecular weight is 274 g/mol. The third-order valence-corrected chi connectivity index (χ3v) is 3.58. The van der Waals surface area contributed by atoms with E-state index < -0.39 is 5.97 Å². The number of hydrogen-bond acceptors (Lipinski definition) is 2. The van der Waals surface area contributed by atoms with Gasteiger partial charge in [0.1, 0.15) is 0 Å². The highest BCUT2D eigenvalue weighted by Crippen LogP contribution is 2.22. The van der Waals surface area contributed by atoms with Crippen LogP contribution in [0.4, 0.5) is 0 Å². The van der Waals surface area contributed by atoms with Crippen LogP contribution in [0.15, 0.2) is 30.5 Å². The molecule has 2 rings (SSSR count). The summed E-state index contributed by atoms with van der Waals surface area (Å²) in [5.74, 6) is -0.721. The molecular weight excluding hydrogens is 252 g/mol. The van der Waals surface area contributed by atoms with E-state index in [1.54, 1.807) is 0 Å². The molecule has 0 atom stereocenters. The Hall–Kier alpha value is -1.81. The number of aliphatic carboxylic acids is 1. The van der Waals surface area contributed by atoms with Crippen molar-refractivity contribution in [3.63, 3.8) is 0 Å². The molecule has 1 aromatic heterocycles. The molecule has 1 aromatic carbocycles. The molecule has 0 spiro atoms. The normalized spacial score (nSPS) is 11.3. The summed E-state index contributed by atoms with van der Waals surface area (Å²) in [6.45, 7) is 4.76. The fraction of sp³-hybridized carbons (Fsp3) is 0.438. The lowest BCUT2D eigenvalue weighted by molar-refractivity contribution is -0.137. The van der Waals surface area contributed by atoms with Crippen LogP contribution < -0.4 is 0 Å². The number of benzene rings is 1. The van der Waals surface area contributed by atoms with Crippen molar-refractivity contribution in [1.82, 2.24) is 9.47 Å². The molecule has 0 fully saturated rings. The van der Waals surface area contributed by atoms with Crippen molar-refractivity contribution >= 4 is 16.9 Å². The Morgan fingerprint density at radius 2 is 2.10 bits per heavy atom. The van der Waals surface area contributed by atoms with Crippen LogP contribution in [0, 0.1) is 0 Å². The Bertz CT molecular complexity index is 589. The summed E-state index contributed by atoms with van der Waals surface area (Å²) in [6.07, 6.45) is 3.14. The summed E-state index contributed by atoms with van der Waals surface area (Å²) in [5.41, 5.74) is 2.57. The van der Waals surface area contributed by atoms with Gasteiger partial charge in [0.15, 0.2) is 0 Å². The minimum atomic E-state index is -0.721. The van der Waals surface area contributed by atoms with E-state index in [4.69, 9.17) is 5.11 Å². The first-order valence-electron chi connectivity index (χ1n) is 7.09. The number of rotatable bonds is 7. The summed E-state index contributed by atoms with van der Waals surface area (Å²) >= 11 is 0. The number of aromatic nitrogens is 1. The summed E-state index contributed by atoms with van der Waals surface area (Å²) < 4.78 is 2.26. The van der Waals surface area contributed by atoms with Crippen LogP contribution in [0.5, 0.6) is 0 Å². The molecular formula is C16H22N2O2. The molecule has 0 saturated carbocycles. The highest BCUT2D eigenvalue weighted by molar-refractivity contribution is 5.83. The van der Waals surface area contributed by atoms with E-state index in [1.807, 2.05) is 7.05 Å². The maximum absolute atomic E-state index is 10.5. The Labute approximate surface area is 119 Å². The number of carboxylic acids is 1. The number of para-hydroxylation sites is 1. The Morgan fingerprint density at radius 1 is 1.35 bits per heavy atom. The summed E-state index contributed by atoms with van der Waals surface area (Å²) in [5, 5.41) is 9.96. The molecule has 2 aromatic rings. The lowest BCUT2D eigenvalue weighted by atomic mass is 10.1. The highest BCUT2D eigenvalue weighted by atomic mass is 16.4. The number of nitrogens with zero attached hydrogens (tertiary/aromatic N) is 2. The molecule has 1 N–H and O–H groups in total. The first kappa shape index (κ1) is 14.6. The van der Waals surface area contributed by atoms with Crippen LogP contribution >= 0.6 is 0 Å². The number of carbonyl (C=O) groups is 1. The van der Waals surface area contributed by atoms with Gasteiger partial charge in [-0.05, 0) is 38.6 Å². The summed E-state index contributed by atoms with van der Waals surface area (Å²) in [6, 6.07) is 8.43. The van der Waals surface area contributed by atoms with Crippen LogP contribution in [0.1, 0.15) is 25.3 Å². The SMILES string of the molecule is CCn1cc(CN(C)CCCC(=O)O)c2ccccc21. The zero-order valence-corrected chi connectivity index (χ0v) is 12.2. The predicted molar refractivity (Wildman–Crippen MR) is 80.8 cm³/mol. The lowest BCUT2D eigenvalue weighted by Crippen LogP contribution is -2.19. The minimum Gasteiger partial charge on any atom is -0.481 e. The first-order valence-corrected chi connectivity index (χ1v) is 7.09. The standard InChI is InChI=1S/C16H22N2O2/c1-3-18-12-13(14-7-4-5-8-15(14)18)11-17(2)10-6-9-16(19)20/h4-5,7-8,12H,3,6,9-11H2,1-2H3,(H,19,20). The second-order valence-electron chi connectivity index (χ2n) is 5.19. The molecule has 0 aliphatic heterocycles. The zero-order valence-electron chi connectivity index (χ0n) is 12.2. The second-order valence-corrected chi connectivity index (χ2v) is 5.19. The van der Waals surface area contributed by atoms with E-state index in [2.05, 4.69) is 46.9 Å². The number of carboxylic acid groups (broad SMARTS) is 1. The van der Waals surface area contributed by atoms with Crippen LogP contribution in [0.25, 0.3) is 10.9 Å². The van der Waals surface area contributed by atoms with Crippen molar-refractivity contribution < 1.29 is 9.90 Å². The molecule has 4 heteroatoms. The number of fused-ring (bicyclic) bond motifs is 1. The molecule has 108 valence electrons. The largest absolute Gasteiger partial charge is 0.481 e. The molecule has 20 heavy (non-hydrogen) atoms. The minimum absolute atomic E-state index is 0.237. The molecule has 0 bridgehead atoms. The van der Waals surface area contributed by atoms with Crippen molar-refractivity contribution in [1.29, 1.82) is 0 Å². The summed E-state index contributed by atoms with van der Waals surface area (Å²) in [7, 11) is 2.04. The van der Waals surface area contributed by atoms with Gasteiger partial charge in [-0.1, -0.05) is 18.2 Å². The molecule has 0 aliphatic carbocycles. The van der Waals surface area contributed by atoms with Crippen LogP contribution in [0.2, 0.25) is 0 Å². The molecule has 0 unspecified atom stereocenters. The highest BCUT2D eigenvalue weighted by Gasteiger charge is 2.09. The van der Waals surface area contributed by atoms with Crippen molar-refractivity contribution in [2.75, 3.05) is 13.6 Å². The van der Waals surface area contributed by atoms with Gasteiger partial charge < -0.3 is 14.6 Å². The number of hydrogen-bond donors (Lipinski definition) is 1. The average Bonchev–Trinajstić information content (AvgIpc) is 2.77. The predicted octanol–water partition coefficient (Wildman–Crippen LogP) is 2.96. The van der Waals surface area contributed by atoms with E-state index >= 15 is 0 Å². The van der Waals surface area contributed by atoms with Crippen LogP contribution in [0.3, 0.4) is 0 Å². The fourth-order valence-corrected chi connectivity index (χ4v) is 2.58. The topological polar surface area (TPSA) is 45.5 Å². The third kappa shape index (κ3) is 3.39. The maximum Gasteiger partial charge on any atom is 0.303 e. The molecule has 0 aliphatic rings. The Balaban J connectivity index is 2.07. The van der Waals surface area contributed by atoms with Gasteiger partial charge in [0.05, 0.1) is 0 Å². The van der Waals surface area contributed by atoms with E-state index in [9.17, 15) is 4.79 Å². The molecule has 4 nitrogen and oxygen atoms in total. The lowest BCUT2D eigenvalue weighted by Gasteiger charge is -2.15. The quantitative estimate of drug-likeness (QED) is 0.844. The van der Waals surface area contributed by atoms with Crippen molar-refractivity contribution in [3.8, 4) is 0 Å². The molecule has 0 radical (unpaired) electrons. The van der Waals surface area contributed by atoms with E-state index in [1.165, 1.54) is 16.5 Å². The zero-order chi connectivity index (χ0) is 14.5. The monoisotopic (exact) mass is 274 g/mol. The van der Waals surface area contributed by atoms with E-state index in [0.717, 1.165) is 19.6 Å². The van der Waals surface area contributed by atoms with Crippen molar-refractivity contribution in [2.45, 2.75) is 32.9 Å². The van der Waals surface area contributed by atoms with Gasteiger partial charge in [-0.3, -0.25) is 4.79 Å². The van der Waals surface area contributed by atoms with Crippen molar-refractivity contribution in [2.24, 2.45) is 0 Å². The van der Waals surface area contributed by atoms with Crippen LogP contribution in [-0.4, -0.2) is 34.1 Å². The Kier molecular flexibility index (Phi) is 4.79.